The lowest BCUT2D eigenvalue weighted by atomic mass is 9.93. The van der Waals surface area contributed by atoms with E-state index in [9.17, 15) is 4.79 Å². The Morgan fingerprint density at radius 1 is 1.12 bits per heavy atom. The van der Waals surface area contributed by atoms with Crippen LogP contribution in [0.1, 0.15) is 67.5 Å². The number of aromatic nitrogens is 5. The van der Waals surface area contributed by atoms with Gasteiger partial charge in [0.15, 0.2) is 5.82 Å². The molecule has 1 aromatic carbocycles. The quantitative estimate of drug-likeness (QED) is 0.591. The number of aryl methyl sites for hydroxylation is 2. The number of nitrogens with zero attached hydrogens (tertiary/aromatic N) is 5. The summed E-state index contributed by atoms with van der Waals surface area (Å²) in [7, 11) is 0. The van der Waals surface area contributed by atoms with Crippen molar-refractivity contribution in [3.8, 4) is 0 Å². The maximum absolute atomic E-state index is 13.1. The number of tetrazole rings is 1. The second-order valence-corrected chi connectivity index (χ2v) is 9.70. The highest BCUT2D eigenvalue weighted by atomic mass is 16.5. The molecular weight excluding hydrogens is 416 g/mol. The van der Waals surface area contributed by atoms with E-state index in [1.54, 1.807) is 0 Å². The molecule has 2 aromatic heterocycles. The monoisotopic (exact) mass is 450 g/mol. The van der Waals surface area contributed by atoms with Gasteiger partial charge in [-0.2, -0.15) is 0 Å². The molecule has 33 heavy (non-hydrogen) atoms. The Bertz CT molecular complexity index is 1160. The smallest absolute Gasteiger partial charge is 0.252 e. The predicted octanol–water partition coefficient (Wildman–Crippen LogP) is 3.65. The zero-order chi connectivity index (χ0) is 22.8. The van der Waals surface area contributed by atoms with E-state index in [2.05, 4.69) is 57.5 Å². The lowest BCUT2D eigenvalue weighted by molar-refractivity contribution is 0.0893. The molecule has 0 bridgehead atoms. The van der Waals surface area contributed by atoms with Gasteiger partial charge in [0, 0.05) is 24.8 Å². The predicted molar refractivity (Wildman–Crippen MR) is 127 cm³/mol. The second kappa shape index (κ2) is 9.73. The Morgan fingerprint density at radius 2 is 1.97 bits per heavy atom. The van der Waals surface area contributed by atoms with E-state index in [1.807, 2.05) is 4.68 Å². The molecule has 1 atom stereocenters. The summed E-state index contributed by atoms with van der Waals surface area (Å²) >= 11 is 0. The normalized spacial score (nSPS) is 19.7. The molecule has 5 rings (SSSR count). The topological polar surface area (TPSA) is 88.9 Å². The Labute approximate surface area is 194 Å². The van der Waals surface area contributed by atoms with Crippen LogP contribution in [0.3, 0.4) is 0 Å². The van der Waals surface area contributed by atoms with Gasteiger partial charge in [-0.3, -0.25) is 9.69 Å². The number of hydrogen-bond donors (Lipinski definition) is 1. The molecule has 8 nitrogen and oxygen atoms in total. The maximum atomic E-state index is 13.1. The molecule has 1 saturated heterocycles. The highest BCUT2D eigenvalue weighted by molar-refractivity contribution is 5.83. The van der Waals surface area contributed by atoms with Crippen LogP contribution in [-0.2, 0) is 24.4 Å². The molecule has 1 aliphatic carbocycles. The average molecular weight is 451 g/mol. The van der Waals surface area contributed by atoms with Crippen LogP contribution in [0.15, 0.2) is 23.0 Å². The van der Waals surface area contributed by atoms with Crippen LogP contribution in [0.4, 0.5) is 0 Å². The van der Waals surface area contributed by atoms with Gasteiger partial charge < -0.3 is 9.72 Å². The molecule has 3 heterocycles. The third-order valence-electron chi connectivity index (χ3n) is 7.44. The van der Waals surface area contributed by atoms with Gasteiger partial charge in [-0.05, 0) is 72.5 Å². The molecule has 2 aliphatic rings. The van der Waals surface area contributed by atoms with Crippen LogP contribution in [-0.4, -0.2) is 48.8 Å². The second-order valence-electron chi connectivity index (χ2n) is 9.70. The van der Waals surface area contributed by atoms with Crippen LogP contribution in [0, 0.1) is 13.8 Å². The number of nitrogens with one attached hydrogen (secondary N) is 1. The van der Waals surface area contributed by atoms with Crippen molar-refractivity contribution in [2.45, 2.75) is 90.6 Å². The molecule has 176 valence electrons. The van der Waals surface area contributed by atoms with E-state index in [-0.39, 0.29) is 11.7 Å². The summed E-state index contributed by atoms with van der Waals surface area (Å²) in [5.41, 5.74) is 4.06. The van der Waals surface area contributed by atoms with Gasteiger partial charge in [-0.25, -0.2) is 4.68 Å². The summed E-state index contributed by atoms with van der Waals surface area (Å²) in [6.45, 7) is 6.88. The van der Waals surface area contributed by atoms with Gasteiger partial charge in [0.25, 0.3) is 5.56 Å². The molecule has 8 heteroatoms. The van der Waals surface area contributed by atoms with Crippen LogP contribution >= 0.6 is 0 Å². The van der Waals surface area contributed by atoms with Crippen molar-refractivity contribution in [3.05, 3.63) is 51.1 Å². The molecule has 1 saturated carbocycles. The van der Waals surface area contributed by atoms with E-state index < -0.39 is 0 Å². The lowest BCUT2D eigenvalue weighted by Crippen LogP contribution is -2.38. The Balaban J connectivity index is 1.42. The van der Waals surface area contributed by atoms with Crippen molar-refractivity contribution < 1.29 is 4.74 Å². The number of aromatic amines is 1. The Hall–Kier alpha value is -2.58. The van der Waals surface area contributed by atoms with Gasteiger partial charge in [0.1, 0.15) is 0 Å². The summed E-state index contributed by atoms with van der Waals surface area (Å²) in [5, 5.41) is 13.6. The third kappa shape index (κ3) is 4.87. The van der Waals surface area contributed by atoms with Crippen molar-refractivity contribution in [2.75, 3.05) is 6.61 Å². The molecule has 1 N–H and O–H groups in total. The molecule has 2 fully saturated rings. The number of benzene rings is 1. The minimum atomic E-state index is -0.00374. The summed E-state index contributed by atoms with van der Waals surface area (Å²) < 4.78 is 7.69. The van der Waals surface area contributed by atoms with Crippen molar-refractivity contribution in [3.63, 3.8) is 0 Å². The summed E-state index contributed by atoms with van der Waals surface area (Å²) in [5.74, 6) is 0.847. The minimum absolute atomic E-state index is 0.00374. The highest BCUT2D eigenvalue weighted by Crippen LogP contribution is 2.26. The van der Waals surface area contributed by atoms with Gasteiger partial charge in [0.05, 0.1) is 24.7 Å². The first-order valence-electron chi connectivity index (χ1n) is 12.3. The first-order valence-corrected chi connectivity index (χ1v) is 12.3. The molecule has 0 amide bonds. The van der Waals surface area contributed by atoms with Crippen LogP contribution < -0.4 is 5.56 Å². The zero-order valence-corrected chi connectivity index (χ0v) is 19.7. The van der Waals surface area contributed by atoms with Gasteiger partial charge >= 0.3 is 0 Å². The minimum Gasteiger partial charge on any atom is -0.376 e. The van der Waals surface area contributed by atoms with Gasteiger partial charge in [-0.15, -0.1) is 5.10 Å². The Morgan fingerprint density at radius 3 is 2.76 bits per heavy atom. The van der Waals surface area contributed by atoms with Crippen LogP contribution in [0.25, 0.3) is 10.9 Å². The molecular formula is C25H34N6O2. The zero-order valence-electron chi connectivity index (χ0n) is 19.7. The van der Waals surface area contributed by atoms with E-state index in [4.69, 9.17) is 4.74 Å². The van der Waals surface area contributed by atoms with Crippen molar-refractivity contribution in [1.29, 1.82) is 0 Å². The van der Waals surface area contributed by atoms with Crippen molar-refractivity contribution in [1.82, 2.24) is 30.1 Å². The molecule has 1 aliphatic heterocycles. The van der Waals surface area contributed by atoms with Crippen LogP contribution in [0.2, 0.25) is 0 Å². The number of ether oxygens (including phenoxy) is 1. The van der Waals surface area contributed by atoms with E-state index in [1.165, 1.54) is 24.8 Å². The van der Waals surface area contributed by atoms with Crippen molar-refractivity contribution in [2.24, 2.45) is 0 Å². The number of fused-ring (bicyclic) bond motifs is 1. The molecule has 3 aromatic rings. The molecule has 0 radical (unpaired) electrons. The van der Waals surface area contributed by atoms with Gasteiger partial charge in [0.2, 0.25) is 0 Å². The lowest BCUT2D eigenvalue weighted by Gasteiger charge is -2.34. The van der Waals surface area contributed by atoms with E-state index in [0.29, 0.717) is 25.7 Å². The third-order valence-corrected chi connectivity index (χ3v) is 7.44. The van der Waals surface area contributed by atoms with E-state index in [0.717, 1.165) is 60.1 Å². The fraction of sp³-hybridized carbons (Fsp3) is 0.600. The summed E-state index contributed by atoms with van der Waals surface area (Å²) in [6.07, 6.45) is 8.38. The number of pyridine rings is 1. The maximum Gasteiger partial charge on any atom is 0.252 e. The number of hydrogen-bond acceptors (Lipinski definition) is 6. The first kappa shape index (κ1) is 22.2. The summed E-state index contributed by atoms with van der Waals surface area (Å²) in [4.78, 5) is 18.6. The van der Waals surface area contributed by atoms with Gasteiger partial charge in [-0.1, -0.05) is 31.4 Å². The number of rotatable bonds is 7. The number of H-pyrrole nitrogens is 1. The Kier molecular flexibility index (Phi) is 6.55. The first-order chi connectivity index (χ1) is 16.1. The average Bonchev–Trinajstić information content (AvgIpc) is 3.50. The fourth-order valence-corrected chi connectivity index (χ4v) is 5.31. The van der Waals surface area contributed by atoms with Crippen LogP contribution in [0.5, 0.6) is 0 Å². The standard InChI is InChI=1S/C25H34N6O2/c1-17-10-11-19-13-20(25(32)26-24(19)18(17)2)14-30(21-7-4-3-5-8-21)16-23-27-28-29-31(23)15-22-9-6-12-33-22/h10-11,13,21-22H,3-9,12,14-16H2,1-2H3,(H,26,32)/t22-/m0/s1. The molecule has 0 unspecified atom stereocenters. The molecule has 0 spiro atoms. The highest BCUT2D eigenvalue weighted by Gasteiger charge is 2.26. The van der Waals surface area contributed by atoms with Crippen molar-refractivity contribution >= 4 is 10.9 Å². The SMILES string of the molecule is Cc1ccc2cc(CN(Cc3nnnn3C[C@@H]3CCCO3)C3CCCCC3)c(=O)[nH]c2c1C. The summed E-state index contributed by atoms with van der Waals surface area (Å²) in [6, 6.07) is 6.72. The fourth-order valence-electron chi connectivity index (χ4n) is 5.31. The van der Waals surface area contributed by atoms with E-state index >= 15 is 0 Å². The largest absolute Gasteiger partial charge is 0.376 e.